The highest BCUT2D eigenvalue weighted by Gasteiger charge is 2.14. The Hall–Kier alpha value is -0.880. The van der Waals surface area contributed by atoms with E-state index in [0.717, 1.165) is 0 Å². The fourth-order valence-corrected chi connectivity index (χ4v) is 1.63. The van der Waals surface area contributed by atoms with E-state index >= 15 is 0 Å². The van der Waals surface area contributed by atoms with Crippen LogP contribution >= 0.6 is 27.5 Å². The van der Waals surface area contributed by atoms with Crippen molar-refractivity contribution in [2.75, 3.05) is 7.11 Å². The highest BCUT2D eigenvalue weighted by atomic mass is 79.9. The Morgan fingerprint density at radius 1 is 1.36 bits per heavy atom. The molecule has 2 heterocycles. The molecule has 2 rings (SSSR count). The van der Waals surface area contributed by atoms with Gasteiger partial charge in [-0.05, 0) is 27.5 Å². The maximum absolute atomic E-state index is 5.73. The predicted molar refractivity (Wildman–Crippen MR) is 55.6 cm³/mol. The minimum atomic E-state index is 0.143. The van der Waals surface area contributed by atoms with Gasteiger partial charge in [0.15, 0.2) is 15.9 Å². The number of aryl methyl sites for hydroxylation is 1. The molecule has 7 heteroatoms. The topological polar surface area (TPSA) is 52.8 Å². The lowest BCUT2D eigenvalue weighted by molar-refractivity contribution is 0.402. The van der Waals surface area contributed by atoms with Gasteiger partial charge in [0, 0.05) is 7.05 Å². The zero-order chi connectivity index (χ0) is 10.3. The van der Waals surface area contributed by atoms with Gasteiger partial charge in [0.25, 0.3) is 0 Å². The lowest BCUT2D eigenvalue weighted by atomic mass is 10.5. The molecule has 0 aliphatic rings. The number of nitrogens with zero attached hydrogens (tertiary/aromatic N) is 4. The first-order valence-electron chi connectivity index (χ1n) is 3.73. The molecule has 0 radical (unpaired) electrons. The van der Waals surface area contributed by atoms with Crippen LogP contribution < -0.4 is 4.74 Å². The van der Waals surface area contributed by atoms with Gasteiger partial charge < -0.3 is 9.30 Å². The predicted octanol–water partition coefficient (Wildman–Crippen LogP) is 1.79. The summed E-state index contributed by atoms with van der Waals surface area (Å²) in [6, 6.07) is 0. The summed E-state index contributed by atoms with van der Waals surface area (Å²) in [5, 5.41) is 0.143. The normalized spacial score (nSPS) is 10.9. The minimum Gasteiger partial charge on any atom is -0.479 e. The highest BCUT2D eigenvalue weighted by molar-refractivity contribution is 9.10. The Kier molecular flexibility index (Phi) is 2.32. The van der Waals surface area contributed by atoms with Crippen molar-refractivity contribution in [1.29, 1.82) is 0 Å². The first-order valence-corrected chi connectivity index (χ1v) is 4.90. The van der Waals surface area contributed by atoms with Gasteiger partial charge in [-0.15, -0.1) is 0 Å². The fraction of sp³-hybridized carbons (Fsp3) is 0.286. The summed E-state index contributed by atoms with van der Waals surface area (Å²) in [5.41, 5.74) is 1.22. The molecule has 0 unspecified atom stereocenters. The van der Waals surface area contributed by atoms with E-state index in [4.69, 9.17) is 16.3 Å². The molecule has 0 atom stereocenters. The van der Waals surface area contributed by atoms with Crippen molar-refractivity contribution >= 4 is 38.7 Å². The van der Waals surface area contributed by atoms with Gasteiger partial charge in [0.1, 0.15) is 0 Å². The average Bonchev–Trinajstić information content (AvgIpc) is 2.43. The van der Waals surface area contributed by atoms with Gasteiger partial charge in [0.05, 0.1) is 7.11 Å². The van der Waals surface area contributed by atoms with Crippen LogP contribution in [0.3, 0.4) is 0 Å². The fourth-order valence-electron chi connectivity index (χ4n) is 1.13. The number of aromatic nitrogens is 4. The van der Waals surface area contributed by atoms with Crippen molar-refractivity contribution < 1.29 is 4.74 Å². The molecule has 0 amide bonds. The van der Waals surface area contributed by atoms with Crippen LogP contribution in [0.5, 0.6) is 5.88 Å². The van der Waals surface area contributed by atoms with E-state index in [1.54, 1.807) is 4.57 Å². The number of hydrogen-bond acceptors (Lipinski definition) is 4. The molecule has 14 heavy (non-hydrogen) atoms. The summed E-state index contributed by atoms with van der Waals surface area (Å²) >= 11 is 9.01. The smallest absolute Gasteiger partial charge is 0.246 e. The van der Waals surface area contributed by atoms with Gasteiger partial charge in [0.2, 0.25) is 11.2 Å². The van der Waals surface area contributed by atoms with Crippen LogP contribution in [0.25, 0.3) is 11.2 Å². The maximum atomic E-state index is 5.73. The number of methoxy groups -OCH3 is 1. The Bertz CT molecular complexity index is 498. The number of imidazole rings is 1. The Morgan fingerprint density at radius 2 is 2.07 bits per heavy atom. The second-order valence-electron chi connectivity index (χ2n) is 2.61. The van der Waals surface area contributed by atoms with Gasteiger partial charge in [-0.25, -0.2) is 4.98 Å². The van der Waals surface area contributed by atoms with E-state index in [1.165, 1.54) is 7.11 Å². The van der Waals surface area contributed by atoms with Gasteiger partial charge in [-0.3, -0.25) is 0 Å². The molecular formula is C7H6BrClN4O. The third kappa shape index (κ3) is 1.34. The van der Waals surface area contributed by atoms with Crippen LogP contribution in [0.4, 0.5) is 0 Å². The molecule has 0 N–H and O–H groups in total. The standard InChI is InChI=1S/C7H6BrClN4O/c1-13-4-3(10-6(13)8)5(14-2)12-7(9)11-4/h1-2H3. The summed E-state index contributed by atoms with van der Waals surface area (Å²) in [4.78, 5) is 12.2. The molecule has 2 aromatic heterocycles. The van der Waals surface area contributed by atoms with Crippen LogP contribution in [0, 0.1) is 0 Å². The molecule has 0 saturated heterocycles. The summed E-state index contributed by atoms with van der Waals surface area (Å²) in [6.07, 6.45) is 0. The number of rotatable bonds is 1. The zero-order valence-corrected chi connectivity index (χ0v) is 9.79. The van der Waals surface area contributed by atoms with E-state index in [1.807, 2.05) is 7.05 Å². The number of fused-ring (bicyclic) bond motifs is 1. The number of hydrogen-bond donors (Lipinski definition) is 0. The first-order chi connectivity index (χ1) is 6.63. The summed E-state index contributed by atoms with van der Waals surface area (Å²) in [7, 11) is 3.34. The van der Waals surface area contributed by atoms with E-state index in [-0.39, 0.29) is 5.28 Å². The van der Waals surface area contributed by atoms with E-state index in [0.29, 0.717) is 21.8 Å². The molecule has 0 saturated carbocycles. The van der Waals surface area contributed by atoms with Crippen molar-refractivity contribution in [3.8, 4) is 5.88 Å². The van der Waals surface area contributed by atoms with Gasteiger partial charge in [-0.2, -0.15) is 9.97 Å². The molecule has 74 valence electrons. The molecule has 0 fully saturated rings. The monoisotopic (exact) mass is 276 g/mol. The Balaban J connectivity index is 2.87. The maximum Gasteiger partial charge on any atom is 0.246 e. The molecule has 0 aliphatic heterocycles. The number of ether oxygens (including phenoxy) is 1. The van der Waals surface area contributed by atoms with Crippen LogP contribution in [0.1, 0.15) is 0 Å². The lowest BCUT2D eigenvalue weighted by Gasteiger charge is -1.99. The van der Waals surface area contributed by atoms with Crippen molar-refractivity contribution in [2.45, 2.75) is 0 Å². The minimum absolute atomic E-state index is 0.143. The van der Waals surface area contributed by atoms with Crippen LogP contribution in [-0.2, 0) is 7.05 Å². The van der Waals surface area contributed by atoms with Crippen molar-refractivity contribution in [3.63, 3.8) is 0 Å². The molecule has 0 spiro atoms. The molecule has 2 aromatic rings. The second-order valence-corrected chi connectivity index (χ2v) is 3.66. The Labute approximate surface area is 93.2 Å². The van der Waals surface area contributed by atoms with Crippen LogP contribution in [0.2, 0.25) is 5.28 Å². The van der Waals surface area contributed by atoms with Crippen LogP contribution in [0.15, 0.2) is 4.73 Å². The third-order valence-corrected chi connectivity index (χ3v) is 2.68. The molecule has 0 bridgehead atoms. The van der Waals surface area contributed by atoms with Crippen LogP contribution in [-0.4, -0.2) is 26.6 Å². The van der Waals surface area contributed by atoms with E-state index in [9.17, 15) is 0 Å². The summed E-state index contributed by atoms with van der Waals surface area (Å²) < 4.78 is 7.45. The summed E-state index contributed by atoms with van der Waals surface area (Å²) in [5.74, 6) is 0.376. The van der Waals surface area contributed by atoms with E-state index < -0.39 is 0 Å². The molecular weight excluding hydrogens is 271 g/mol. The third-order valence-electron chi connectivity index (χ3n) is 1.80. The largest absolute Gasteiger partial charge is 0.479 e. The summed E-state index contributed by atoms with van der Waals surface area (Å²) in [6.45, 7) is 0. The zero-order valence-electron chi connectivity index (χ0n) is 7.45. The average molecular weight is 278 g/mol. The van der Waals surface area contributed by atoms with E-state index in [2.05, 4.69) is 30.9 Å². The number of halogens is 2. The molecule has 5 nitrogen and oxygen atoms in total. The van der Waals surface area contributed by atoms with Crippen molar-refractivity contribution in [1.82, 2.24) is 19.5 Å². The lowest BCUT2D eigenvalue weighted by Crippen LogP contribution is -1.95. The first kappa shape index (κ1) is 9.67. The quantitative estimate of drug-likeness (QED) is 0.589. The SMILES string of the molecule is COc1nc(Cl)nc2c1nc(Br)n2C. The molecule has 0 aliphatic carbocycles. The van der Waals surface area contributed by atoms with Gasteiger partial charge in [-0.1, -0.05) is 0 Å². The Morgan fingerprint density at radius 3 is 2.71 bits per heavy atom. The van der Waals surface area contributed by atoms with Crippen molar-refractivity contribution in [3.05, 3.63) is 10.0 Å². The molecule has 0 aromatic carbocycles. The highest BCUT2D eigenvalue weighted by Crippen LogP contribution is 2.25. The second kappa shape index (κ2) is 3.36. The van der Waals surface area contributed by atoms with Gasteiger partial charge >= 0.3 is 0 Å². The van der Waals surface area contributed by atoms with Crippen molar-refractivity contribution in [2.24, 2.45) is 7.05 Å².